The van der Waals surface area contributed by atoms with Gasteiger partial charge in [-0.2, -0.15) is 0 Å². The van der Waals surface area contributed by atoms with Gasteiger partial charge in [-0.05, 0) is 42.0 Å². The third-order valence-electron chi connectivity index (χ3n) is 3.28. The Hall–Kier alpha value is -2.80. The third kappa shape index (κ3) is 7.40. The number of hydrogen-bond acceptors (Lipinski definition) is 3. The lowest BCUT2D eigenvalue weighted by Crippen LogP contribution is -2.42. The molecule has 2 aromatic carbocycles. The van der Waals surface area contributed by atoms with Crippen molar-refractivity contribution in [2.24, 2.45) is 0 Å². The molecule has 26 heavy (non-hydrogen) atoms. The van der Waals surface area contributed by atoms with Crippen LogP contribution in [-0.4, -0.2) is 31.6 Å². The maximum atomic E-state index is 12.8. The lowest BCUT2D eigenvalue weighted by Gasteiger charge is -2.09. The Morgan fingerprint density at radius 3 is 2.35 bits per heavy atom. The zero-order valence-electron chi connectivity index (χ0n) is 13.9. The van der Waals surface area contributed by atoms with Gasteiger partial charge in [0.05, 0.1) is 13.1 Å². The molecular formula is C18H19ClFN3O3. The molecule has 0 aliphatic carbocycles. The first-order chi connectivity index (χ1) is 12.5. The molecule has 6 nitrogen and oxygen atoms in total. The summed E-state index contributed by atoms with van der Waals surface area (Å²) >= 11 is 5.77. The number of rotatable bonds is 8. The fourth-order valence-electron chi connectivity index (χ4n) is 1.96. The van der Waals surface area contributed by atoms with Crippen molar-refractivity contribution in [2.75, 3.05) is 19.7 Å². The predicted octanol–water partition coefficient (Wildman–Crippen LogP) is 2.47. The predicted molar refractivity (Wildman–Crippen MR) is 96.6 cm³/mol. The fourth-order valence-corrected chi connectivity index (χ4v) is 2.09. The molecule has 0 aromatic heterocycles. The molecule has 0 fully saturated rings. The number of urea groups is 1. The van der Waals surface area contributed by atoms with Crippen LogP contribution < -0.4 is 20.7 Å². The van der Waals surface area contributed by atoms with E-state index in [2.05, 4.69) is 16.0 Å². The summed E-state index contributed by atoms with van der Waals surface area (Å²) in [5, 5.41) is 8.26. The van der Waals surface area contributed by atoms with Crippen LogP contribution >= 0.6 is 11.6 Å². The molecule has 8 heteroatoms. The SMILES string of the molecule is O=C(CNC(=O)NCc1ccc(F)cc1)NCCOc1ccc(Cl)cc1. The molecule has 0 bridgehead atoms. The quantitative estimate of drug-likeness (QED) is 0.616. The Labute approximate surface area is 155 Å². The molecule has 2 rings (SSSR count). The Kier molecular flexibility index (Phi) is 7.70. The van der Waals surface area contributed by atoms with Crippen molar-refractivity contribution in [3.05, 3.63) is 64.9 Å². The van der Waals surface area contributed by atoms with Crippen LogP contribution in [0.15, 0.2) is 48.5 Å². The van der Waals surface area contributed by atoms with Gasteiger partial charge in [0.1, 0.15) is 18.2 Å². The van der Waals surface area contributed by atoms with Crippen LogP contribution in [0.2, 0.25) is 5.02 Å². The van der Waals surface area contributed by atoms with Crippen molar-refractivity contribution >= 4 is 23.5 Å². The molecule has 0 heterocycles. The summed E-state index contributed by atoms with van der Waals surface area (Å²) in [6, 6.07) is 12.2. The molecule has 3 N–H and O–H groups in total. The number of halogens is 2. The third-order valence-corrected chi connectivity index (χ3v) is 3.53. The van der Waals surface area contributed by atoms with E-state index < -0.39 is 6.03 Å². The summed E-state index contributed by atoms with van der Waals surface area (Å²) in [4.78, 5) is 23.3. The van der Waals surface area contributed by atoms with Gasteiger partial charge in [-0.3, -0.25) is 4.79 Å². The number of ether oxygens (including phenoxy) is 1. The topological polar surface area (TPSA) is 79.5 Å². The fraction of sp³-hybridized carbons (Fsp3) is 0.222. The van der Waals surface area contributed by atoms with E-state index in [0.29, 0.717) is 23.9 Å². The van der Waals surface area contributed by atoms with Crippen molar-refractivity contribution in [2.45, 2.75) is 6.54 Å². The summed E-state index contributed by atoms with van der Waals surface area (Å²) in [6.45, 7) is 0.684. The van der Waals surface area contributed by atoms with Crippen molar-refractivity contribution in [3.63, 3.8) is 0 Å². The monoisotopic (exact) mass is 379 g/mol. The summed E-state index contributed by atoms with van der Waals surface area (Å²) in [7, 11) is 0. The Bertz CT molecular complexity index is 723. The van der Waals surface area contributed by atoms with Gasteiger partial charge in [-0.1, -0.05) is 23.7 Å². The number of carbonyl (C=O) groups excluding carboxylic acids is 2. The highest BCUT2D eigenvalue weighted by Gasteiger charge is 2.05. The molecule has 0 unspecified atom stereocenters. The highest BCUT2D eigenvalue weighted by molar-refractivity contribution is 6.30. The normalized spacial score (nSPS) is 10.1. The zero-order valence-corrected chi connectivity index (χ0v) is 14.7. The van der Waals surface area contributed by atoms with Crippen LogP contribution in [0.1, 0.15) is 5.56 Å². The first-order valence-electron chi connectivity index (χ1n) is 7.94. The average molecular weight is 380 g/mol. The van der Waals surface area contributed by atoms with E-state index in [9.17, 15) is 14.0 Å². The maximum absolute atomic E-state index is 12.8. The standard InChI is InChI=1S/C18H19ClFN3O3/c19-14-3-7-16(8-4-14)26-10-9-21-17(24)12-23-18(25)22-11-13-1-5-15(20)6-2-13/h1-8H,9-12H2,(H,21,24)(H2,22,23,25). The van der Waals surface area contributed by atoms with E-state index in [4.69, 9.17) is 16.3 Å². The first kappa shape index (κ1) is 19.5. The van der Waals surface area contributed by atoms with Gasteiger partial charge in [0.2, 0.25) is 5.91 Å². The molecule has 0 radical (unpaired) electrons. The number of benzene rings is 2. The van der Waals surface area contributed by atoms with Gasteiger partial charge in [-0.25, -0.2) is 9.18 Å². The second kappa shape index (κ2) is 10.2. The summed E-state index contributed by atoms with van der Waals surface area (Å²) < 4.78 is 18.2. The van der Waals surface area contributed by atoms with E-state index in [1.165, 1.54) is 12.1 Å². The van der Waals surface area contributed by atoms with Gasteiger partial charge in [0.25, 0.3) is 0 Å². The van der Waals surface area contributed by atoms with Crippen LogP contribution in [0.25, 0.3) is 0 Å². The molecule has 3 amide bonds. The van der Waals surface area contributed by atoms with Gasteiger partial charge in [0, 0.05) is 11.6 Å². The molecule has 0 saturated heterocycles. The van der Waals surface area contributed by atoms with E-state index in [0.717, 1.165) is 5.56 Å². The Morgan fingerprint density at radius 1 is 0.962 bits per heavy atom. The maximum Gasteiger partial charge on any atom is 0.315 e. The van der Waals surface area contributed by atoms with Crippen molar-refractivity contribution in [3.8, 4) is 5.75 Å². The summed E-state index contributed by atoms with van der Waals surface area (Å²) in [5.74, 6) is -0.0153. The molecule has 0 aliphatic rings. The second-order valence-electron chi connectivity index (χ2n) is 5.32. The summed E-state index contributed by atoms with van der Waals surface area (Å²) in [5.41, 5.74) is 0.755. The minimum absolute atomic E-state index is 0.157. The van der Waals surface area contributed by atoms with E-state index in [-0.39, 0.29) is 24.8 Å². The highest BCUT2D eigenvalue weighted by Crippen LogP contribution is 2.15. The lowest BCUT2D eigenvalue weighted by molar-refractivity contribution is -0.120. The van der Waals surface area contributed by atoms with Crippen molar-refractivity contribution in [1.82, 2.24) is 16.0 Å². The van der Waals surface area contributed by atoms with Gasteiger partial charge < -0.3 is 20.7 Å². The minimum atomic E-state index is -0.484. The number of hydrogen-bond donors (Lipinski definition) is 3. The lowest BCUT2D eigenvalue weighted by atomic mass is 10.2. The highest BCUT2D eigenvalue weighted by atomic mass is 35.5. The molecule has 0 saturated carbocycles. The number of carbonyl (C=O) groups is 2. The molecule has 0 atom stereocenters. The summed E-state index contributed by atoms with van der Waals surface area (Å²) in [6.07, 6.45) is 0. The number of nitrogens with one attached hydrogen (secondary N) is 3. The van der Waals surface area contributed by atoms with Crippen LogP contribution in [0.5, 0.6) is 5.75 Å². The van der Waals surface area contributed by atoms with E-state index >= 15 is 0 Å². The van der Waals surface area contributed by atoms with Crippen LogP contribution in [0.3, 0.4) is 0 Å². The average Bonchev–Trinajstić information content (AvgIpc) is 2.64. The van der Waals surface area contributed by atoms with E-state index in [1.54, 1.807) is 36.4 Å². The molecule has 138 valence electrons. The second-order valence-corrected chi connectivity index (χ2v) is 5.75. The van der Waals surface area contributed by atoms with Crippen LogP contribution in [0, 0.1) is 5.82 Å². The van der Waals surface area contributed by atoms with Crippen molar-refractivity contribution < 1.29 is 18.7 Å². The molecule has 0 spiro atoms. The Balaban J connectivity index is 1.55. The molecule has 0 aliphatic heterocycles. The van der Waals surface area contributed by atoms with Crippen molar-refractivity contribution in [1.29, 1.82) is 0 Å². The Morgan fingerprint density at radius 2 is 1.65 bits per heavy atom. The van der Waals surface area contributed by atoms with Gasteiger partial charge in [0.15, 0.2) is 0 Å². The van der Waals surface area contributed by atoms with Gasteiger partial charge >= 0.3 is 6.03 Å². The zero-order chi connectivity index (χ0) is 18.8. The molecule has 2 aromatic rings. The first-order valence-corrected chi connectivity index (χ1v) is 8.32. The van der Waals surface area contributed by atoms with Crippen LogP contribution in [0.4, 0.5) is 9.18 Å². The minimum Gasteiger partial charge on any atom is -0.492 e. The number of amides is 3. The van der Waals surface area contributed by atoms with E-state index in [1.807, 2.05) is 0 Å². The smallest absolute Gasteiger partial charge is 0.315 e. The van der Waals surface area contributed by atoms with Gasteiger partial charge in [-0.15, -0.1) is 0 Å². The molecular weight excluding hydrogens is 361 g/mol. The van der Waals surface area contributed by atoms with Crippen LogP contribution in [-0.2, 0) is 11.3 Å². The largest absolute Gasteiger partial charge is 0.492 e.